The maximum absolute atomic E-state index is 9.40. The molecule has 2 aliphatic carbocycles. The van der Waals surface area contributed by atoms with Crippen molar-refractivity contribution in [2.75, 3.05) is 26.8 Å². The van der Waals surface area contributed by atoms with Crippen molar-refractivity contribution in [2.45, 2.75) is 49.3 Å². The van der Waals surface area contributed by atoms with Gasteiger partial charge in [0.15, 0.2) is 5.79 Å². The van der Waals surface area contributed by atoms with Gasteiger partial charge < -0.3 is 14.4 Å². The van der Waals surface area contributed by atoms with Crippen LogP contribution in [-0.4, -0.2) is 43.5 Å². The lowest BCUT2D eigenvalue weighted by atomic mass is 9.51. The summed E-state index contributed by atoms with van der Waals surface area (Å²) in [6, 6.07) is 9.28. The van der Waals surface area contributed by atoms with E-state index >= 15 is 0 Å². The molecular formula is C20H24N2O2. The van der Waals surface area contributed by atoms with Gasteiger partial charge in [0.1, 0.15) is 0 Å². The van der Waals surface area contributed by atoms with Crippen LogP contribution in [0.4, 0.5) is 0 Å². The van der Waals surface area contributed by atoms with Crippen molar-refractivity contribution in [1.82, 2.24) is 4.90 Å². The molecule has 2 heterocycles. The standard InChI is InChI=1S/C20H24N2O2/c1-22-7-6-19-13-20(23-8-9-24-20)5-4-16(19)18(22)11-15-3-2-14(12-21)10-17(15)19/h2-3,10,16,18H,4-9,11,13H2,1H3/t16-,18+,19-/m1/s1. The maximum Gasteiger partial charge on any atom is 0.169 e. The molecule has 2 saturated heterocycles. The van der Waals surface area contributed by atoms with Gasteiger partial charge in [-0.05, 0) is 62.0 Å². The highest BCUT2D eigenvalue weighted by atomic mass is 16.7. The van der Waals surface area contributed by atoms with Gasteiger partial charge in [0.2, 0.25) is 0 Å². The highest BCUT2D eigenvalue weighted by molar-refractivity contribution is 5.47. The predicted octanol–water partition coefficient (Wildman–Crippen LogP) is 2.60. The van der Waals surface area contributed by atoms with Gasteiger partial charge in [-0.1, -0.05) is 6.07 Å². The van der Waals surface area contributed by atoms with Crippen molar-refractivity contribution in [2.24, 2.45) is 5.92 Å². The summed E-state index contributed by atoms with van der Waals surface area (Å²) >= 11 is 0. The fourth-order valence-corrected chi connectivity index (χ4v) is 6.02. The van der Waals surface area contributed by atoms with Crippen LogP contribution in [0.3, 0.4) is 0 Å². The molecule has 0 N–H and O–H groups in total. The molecule has 1 aromatic rings. The zero-order valence-electron chi connectivity index (χ0n) is 14.3. The number of piperidine rings is 1. The van der Waals surface area contributed by atoms with E-state index in [-0.39, 0.29) is 11.2 Å². The first-order chi connectivity index (χ1) is 11.7. The van der Waals surface area contributed by atoms with Crippen LogP contribution in [-0.2, 0) is 21.3 Å². The largest absolute Gasteiger partial charge is 0.348 e. The van der Waals surface area contributed by atoms with E-state index in [2.05, 4.69) is 30.1 Å². The summed E-state index contributed by atoms with van der Waals surface area (Å²) in [5.41, 5.74) is 3.73. The topological polar surface area (TPSA) is 45.5 Å². The lowest BCUT2D eigenvalue weighted by Crippen LogP contribution is -2.63. The van der Waals surface area contributed by atoms with Crippen LogP contribution in [0.15, 0.2) is 18.2 Å². The average Bonchev–Trinajstić information content (AvgIpc) is 3.05. The Balaban J connectivity index is 1.67. The quantitative estimate of drug-likeness (QED) is 0.736. The number of fused-ring (bicyclic) bond motifs is 1. The van der Waals surface area contributed by atoms with E-state index in [1.165, 1.54) is 11.1 Å². The number of ether oxygens (including phenoxy) is 2. The third kappa shape index (κ3) is 1.89. The Morgan fingerprint density at radius 3 is 2.88 bits per heavy atom. The SMILES string of the molecule is CN1CC[C@@]23CC4(CC[C@@H]2[C@@H]1Cc1ccc(C#N)cc13)OCCO4. The van der Waals surface area contributed by atoms with Crippen LogP contribution < -0.4 is 0 Å². The molecule has 1 aromatic carbocycles. The highest BCUT2D eigenvalue weighted by Gasteiger charge is 2.60. The summed E-state index contributed by atoms with van der Waals surface area (Å²) in [6.07, 6.45) is 5.37. The first-order valence-corrected chi connectivity index (χ1v) is 9.18. The lowest BCUT2D eigenvalue weighted by molar-refractivity contribution is -0.212. The van der Waals surface area contributed by atoms with Gasteiger partial charge in [0, 0.05) is 24.3 Å². The van der Waals surface area contributed by atoms with Crippen molar-refractivity contribution in [1.29, 1.82) is 5.26 Å². The summed E-state index contributed by atoms with van der Waals surface area (Å²) in [5.74, 6) is 0.268. The van der Waals surface area contributed by atoms with Gasteiger partial charge >= 0.3 is 0 Å². The van der Waals surface area contributed by atoms with Crippen molar-refractivity contribution >= 4 is 0 Å². The number of likely N-dealkylation sites (N-methyl/N-ethyl adjacent to an activating group) is 1. The normalized spacial score (nSPS) is 36.8. The van der Waals surface area contributed by atoms with Gasteiger partial charge in [0.05, 0.1) is 24.8 Å². The minimum atomic E-state index is -0.381. The predicted molar refractivity (Wildman–Crippen MR) is 89.6 cm³/mol. The third-order valence-corrected chi connectivity index (χ3v) is 7.09. The number of hydrogen-bond acceptors (Lipinski definition) is 4. The van der Waals surface area contributed by atoms with E-state index in [1.54, 1.807) is 0 Å². The highest BCUT2D eigenvalue weighted by Crippen LogP contribution is 2.59. The summed E-state index contributed by atoms with van der Waals surface area (Å²) in [7, 11) is 2.27. The molecule has 4 aliphatic rings. The number of nitrogens with zero attached hydrogens (tertiary/aromatic N) is 2. The van der Waals surface area contributed by atoms with E-state index in [0.29, 0.717) is 12.0 Å². The van der Waals surface area contributed by atoms with Crippen LogP contribution >= 0.6 is 0 Å². The molecule has 126 valence electrons. The first-order valence-electron chi connectivity index (χ1n) is 9.18. The molecule has 4 heteroatoms. The zero-order valence-corrected chi connectivity index (χ0v) is 14.3. The summed E-state index contributed by atoms with van der Waals surface area (Å²) in [5, 5.41) is 9.40. The van der Waals surface area contributed by atoms with Crippen LogP contribution in [0.1, 0.15) is 42.4 Å². The van der Waals surface area contributed by atoms with Gasteiger partial charge in [0.25, 0.3) is 0 Å². The number of hydrogen-bond donors (Lipinski definition) is 0. The maximum atomic E-state index is 9.40. The number of benzene rings is 1. The Bertz CT molecular complexity index is 719. The number of likely N-dealkylation sites (tertiary alicyclic amines) is 1. The molecule has 0 unspecified atom stereocenters. The van der Waals surface area contributed by atoms with Gasteiger partial charge in [-0.2, -0.15) is 5.26 Å². The van der Waals surface area contributed by atoms with Gasteiger partial charge in [-0.15, -0.1) is 0 Å². The van der Waals surface area contributed by atoms with Crippen molar-refractivity contribution in [3.63, 3.8) is 0 Å². The molecule has 1 saturated carbocycles. The molecule has 5 rings (SSSR count). The molecule has 2 bridgehead atoms. The van der Waals surface area contributed by atoms with E-state index in [4.69, 9.17) is 9.47 Å². The van der Waals surface area contributed by atoms with Gasteiger partial charge in [-0.25, -0.2) is 0 Å². The lowest BCUT2D eigenvalue weighted by Gasteiger charge is -2.60. The summed E-state index contributed by atoms with van der Waals surface area (Å²) in [4.78, 5) is 2.55. The fourth-order valence-electron chi connectivity index (χ4n) is 6.02. The van der Waals surface area contributed by atoms with Crippen LogP contribution in [0.25, 0.3) is 0 Å². The number of rotatable bonds is 0. The molecule has 3 atom stereocenters. The average molecular weight is 324 g/mol. The third-order valence-electron chi connectivity index (χ3n) is 7.09. The molecule has 0 aromatic heterocycles. The molecule has 2 aliphatic heterocycles. The second-order valence-electron chi connectivity index (χ2n) is 8.07. The van der Waals surface area contributed by atoms with Crippen LogP contribution in [0, 0.1) is 17.2 Å². The van der Waals surface area contributed by atoms with Gasteiger partial charge in [-0.3, -0.25) is 0 Å². The van der Waals surface area contributed by atoms with E-state index in [0.717, 1.165) is 57.4 Å². The molecular weight excluding hydrogens is 300 g/mol. The smallest absolute Gasteiger partial charge is 0.169 e. The second-order valence-corrected chi connectivity index (χ2v) is 8.07. The van der Waals surface area contributed by atoms with Crippen molar-refractivity contribution in [3.05, 3.63) is 34.9 Å². The molecule has 0 amide bonds. The zero-order chi connectivity index (χ0) is 16.4. The van der Waals surface area contributed by atoms with Crippen LogP contribution in [0.5, 0.6) is 0 Å². The Kier molecular flexibility index (Phi) is 3.13. The fraction of sp³-hybridized carbons (Fsp3) is 0.650. The molecule has 0 radical (unpaired) electrons. The van der Waals surface area contributed by atoms with Crippen molar-refractivity contribution < 1.29 is 9.47 Å². The Hall–Kier alpha value is -1.41. The molecule has 3 fully saturated rings. The van der Waals surface area contributed by atoms with Crippen molar-refractivity contribution in [3.8, 4) is 6.07 Å². The molecule has 1 spiro atoms. The monoisotopic (exact) mass is 324 g/mol. The Morgan fingerprint density at radius 1 is 1.25 bits per heavy atom. The number of nitriles is 1. The minimum Gasteiger partial charge on any atom is -0.348 e. The molecule has 4 nitrogen and oxygen atoms in total. The second kappa shape index (κ2) is 5.05. The van der Waals surface area contributed by atoms with E-state index in [9.17, 15) is 5.26 Å². The minimum absolute atomic E-state index is 0.111. The van der Waals surface area contributed by atoms with Crippen LogP contribution in [0.2, 0.25) is 0 Å². The Morgan fingerprint density at radius 2 is 2.08 bits per heavy atom. The Labute approximate surface area is 143 Å². The summed E-state index contributed by atoms with van der Waals surface area (Å²) in [6.45, 7) is 2.55. The summed E-state index contributed by atoms with van der Waals surface area (Å²) < 4.78 is 12.2. The van der Waals surface area contributed by atoms with E-state index in [1.807, 2.05) is 6.07 Å². The van der Waals surface area contributed by atoms with E-state index < -0.39 is 0 Å². The molecule has 24 heavy (non-hydrogen) atoms. The first kappa shape index (κ1) is 14.9.